The zero-order valence-corrected chi connectivity index (χ0v) is 8.64. The summed E-state index contributed by atoms with van der Waals surface area (Å²) in [5.74, 6) is 0.716. The third-order valence-corrected chi connectivity index (χ3v) is 2.35. The van der Waals surface area contributed by atoms with E-state index in [1.807, 2.05) is 14.0 Å². The van der Waals surface area contributed by atoms with Crippen molar-refractivity contribution in [3.05, 3.63) is 47.8 Å². The molecule has 0 spiro atoms. The minimum atomic E-state index is -0.0984. The SMILES string of the molecule is Cc1ncc(C(=O)c2ccccn2)n1C. The van der Waals surface area contributed by atoms with Crippen LogP contribution in [0.15, 0.2) is 30.6 Å². The molecule has 0 aromatic carbocycles. The molecule has 0 N–H and O–H groups in total. The minimum absolute atomic E-state index is 0.0984. The Morgan fingerprint density at radius 3 is 2.67 bits per heavy atom. The summed E-state index contributed by atoms with van der Waals surface area (Å²) in [6, 6.07) is 5.28. The second-order valence-corrected chi connectivity index (χ2v) is 3.29. The van der Waals surface area contributed by atoms with Crippen LogP contribution in [0.1, 0.15) is 22.0 Å². The topological polar surface area (TPSA) is 47.8 Å². The van der Waals surface area contributed by atoms with Crippen LogP contribution in [0.4, 0.5) is 0 Å². The lowest BCUT2D eigenvalue weighted by atomic mass is 10.2. The highest BCUT2D eigenvalue weighted by Gasteiger charge is 2.14. The van der Waals surface area contributed by atoms with Crippen LogP contribution in [0, 0.1) is 6.92 Å². The van der Waals surface area contributed by atoms with Gasteiger partial charge in [0.25, 0.3) is 0 Å². The molecule has 76 valence electrons. The van der Waals surface area contributed by atoms with Crippen molar-refractivity contribution >= 4 is 5.78 Å². The number of carbonyl (C=O) groups excluding carboxylic acids is 1. The summed E-state index contributed by atoms with van der Waals surface area (Å²) < 4.78 is 1.76. The molecular formula is C11H11N3O. The Labute approximate surface area is 87.6 Å². The van der Waals surface area contributed by atoms with Gasteiger partial charge in [0.15, 0.2) is 0 Å². The first-order valence-electron chi connectivity index (χ1n) is 4.64. The van der Waals surface area contributed by atoms with E-state index in [1.54, 1.807) is 35.2 Å². The fourth-order valence-electron chi connectivity index (χ4n) is 1.34. The van der Waals surface area contributed by atoms with Gasteiger partial charge < -0.3 is 4.57 Å². The van der Waals surface area contributed by atoms with Crippen LogP contribution in [0.2, 0.25) is 0 Å². The maximum atomic E-state index is 12.0. The highest BCUT2D eigenvalue weighted by molar-refractivity contribution is 6.06. The van der Waals surface area contributed by atoms with Gasteiger partial charge >= 0.3 is 0 Å². The summed E-state index contributed by atoms with van der Waals surface area (Å²) in [5, 5.41) is 0. The number of ketones is 1. The van der Waals surface area contributed by atoms with Gasteiger partial charge in [-0.2, -0.15) is 0 Å². The van der Waals surface area contributed by atoms with Crippen LogP contribution in [-0.4, -0.2) is 20.3 Å². The van der Waals surface area contributed by atoms with Crippen LogP contribution in [0.5, 0.6) is 0 Å². The number of rotatable bonds is 2. The number of nitrogens with zero attached hydrogens (tertiary/aromatic N) is 3. The van der Waals surface area contributed by atoms with Crippen molar-refractivity contribution in [3.8, 4) is 0 Å². The number of hydrogen-bond acceptors (Lipinski definition) is 3. The Hall–Kier alpha value is -1.97. The maximum absolute atomic E-state index is 12.0. The number of hydrogen-bond donors (Lipinski definition) is 0. The summed E-state index contributed by atoms with van der Waals surface area (Å²) in [6.45, 7) is 1.86. The average molecular weight is 201 g/mol. The van der Waals surface area contributed by atoms with Crippen molar-refractivity contribution in [2.24, 2.45) is 7.05 Å². The summed E-state index contributed by atoms with van der Waals surface area (Å²) >= 11 is 0. The second kappa shape index (κ2) is 3.65. The van der Waals surface area contributed by atoms with Crippen molar-refractivity contribution in [2.75, 3.05) is 0 Å². The standard InChI is InChI=1S/C11H11N3O/c1-8-13-7-10(14(8)2)11(15)9-5-3-4-6-12-9/h3-7H,1-2H3. The molecule has 0 aliphatic heterocycles. The molecule has 0 aliphatic rings. The zero-order chi connectivity index (χ0) is 10.8. The molecule has 0 aliphatic carbocycles. The van der Waals surface area contributed by atoms with Gasteiger partial charge in [0.1, 0.15) is 17.2 Å². The van der Waals surface area contributed by atoms with Crippen molar-refractivity contribution in [3.63, 3.8) is 0 Å². The molecule has 0 unspecified atom stereocenters. The first kappa shape index (κ1) is 9.58. The second-order valence-electron chi connectivity index (χ2n) is 3.29. The van der Waals surface area contributed by atoms with Gasteiger partial charge in [-0.25, -0.2) is 4.98 Å². The molecule has 0 amide bonds. The fourth-order valence-corrected chi connectivity index (χ4v) is 1.34. The minimum Gasteiger partial charge on any atom is -0.329 e. The number of aryl methyl sites for hydroxylation is 1. The van der Waals surface area contributed by atoms with Gasteiger partial charge in [0.05, 0.1) is 6.20 Å². The van der Waals surface area contributed by atoms with Crippen molar-refractivity contribution in [1.29, 1.82) is 0 Å². The Morgan fingerprint density at radius 1 is 1.33 bits per heavy atom. The van der Waals surface area contributed by atoms with E-state index >= 15 is 0 Å². The van der Waals surface area contributed by atoms with Gasteiger partial charge in [-0.1, -0.05) is 6.07 Å². The average Bonchev–Trinajstić information content (AvgIpc) is 2.60. The molecule has 0 fully saturated rings. The Kier molecular flexibility index (Phi) is 2.33. The van der Waals surface area contributed by atoms with Crippen molar-refractivity contribution in [1.82, 2.24) is 14.5 Å². The molecule has 15 heavy (non-hydrogen) atoms. The molecule has 2 rings (SSSR count). The van der Waals surface area contributed by atoms with E-state index in [1.165, 1.54) is 0 Å². The zero-order valence-electron chi connectivity index (χ0n) is 8.64. The predicted molar refractivity (Wildman–Crippen MR) is 55.6 cm³/mol. The normalized spacial score (nSPS) is 10.3. The van der Waals surface area contributed by atoms with Gasteiger partial charge in [-0.3, -0.25) is 9.78 Å². The first-order valence-corrected chi connectivity index (χ1v) is 4.64. The lowest BCUT2D eigenvalue weighted by molar-refractivity contribution is 0.102. The lowest BCUT2D eigenvalue weighted by Gasteiger charge is -2.01. The van der Waals surface area contributed by atoms with Gasteiger partial charge in [-0.05, 0) is 19.1 Å². The van der Waals surface area contributed by atoms with Crippen LogP contribution in [-0.2, 0) is 7.05 Å². The van der Waals surface area contributed by atoms with Crippen molar-refractivity contribution in [2.45, 2.75) is 6.92 Å². The highest BCUT2D eigenvalue weighted by Crippen LogP contribution is 2.07. The quantitative estimate of drug-likeness (QED) is 0.689. The summed E-state index contributed by atoms with van der Waals surface area (Å²) in [5.41, 5.74) is 1.01. The van der Waals surface area contributed by atoms with Crippen LogP contribution < -0.4 is 0 Å². The molecule has 0 saturated heterocycles. The summed E-state index contributed by atoms with van der Waals surface area (Å²) in [7, 11) is 1.82. The molecule has 2 heterocycles. The maximum Gasteiger partial charge on any atom is 0.229 e. The van der Waals surface area contributed by atoms with Gasteiger partial charge in [0, 0.05) is 13.2 Å². The predicted octanol–water partition coefficient (Wildman–Crippen LogP) is 1.35. The highest BCUT2D eigenvalue weighted by atomic mass is 16.1. The van der Waals surface area contributed by atoms with E-state index in [0.717, 1.165) is 5.82 Å². The van der Waals surface area contributed by atoms with Crippen molar-refractivity contribution < 1.29 is 4.79 Å². The number of carbonyl (C=O) groups is 1. The van der Waals surface area contributed by atoms with E-state index in [9.17, 15) is 4.79 Å². The summed E-state index contributed by atoms with van der Waals surface area (Å²) in [6.07, 6.45) is 3.18. The fraction of sp³-hybridized carbons (Fsp3) is 0.182. The van der Waals surface area contributed by atoms with E-state index in [0.29, 0.717) is 11.4 Å². The van der Waals surface area contributed by atoms with Crippen LogP contribution >= 0.6 is 0 Å². The molecule has 2 aromatic heterocycles. The van der Waals surface area contributed by atoms with E-state index in [2.05, 4.69) is 9.97 Å². The van der Waals surface area contributed by atoms with E-state index in [-0.39, 0.29) is 5.78 Å². The number of pyridine rings is 1. The number of aromatic nitrogens is 3. The molecule has 4 heteroatoms. The Morgan fingerprint density at radius 2 is 2.13 bits per heavy atom. The third kappa shape index (κ3) is 1.66. The third-order valence-electron chi connectivity index (χ3n) is 2.35. The Bertz CT molecular complexity index is 488. The first-order chi connectivity index (χ1) is 7.20. The van der Waals surface area contributed by atoms with Crippen LogP contribution in [0.3, 0.4) is 0 Å². The molecule has 0 atom stereocenters. The molecule has 4 nitrogen and oxygen atoms in total. The van der Waals surface area contributed by atoms with Crippen LogP contribution in [0.25, 0.3) is 0 Å². The number of imidazole rings is 1. The smallest absolute Gasteiger partial charge is 0.229 e. The molecular weight excluding hydrogens is 190 g/mol. The molecule has 0 bridgehead atoms. The largest absolute Gasteiger partial charge is 0.329 e. The Balaban J connectivity index is 2.42. The summed E-state index contributed by atoms with van der Waals surface area (Å²) in [4.78, 5) is 20.0. The van der Waals surface area contributed by atoms with Gasteiger partial charge in [0.2, 0.25) is 5.78 Å². The molecule has 0 radical (unpaired) electrons. The molecule has 2 aromatic rings. The lowest BCUT2D eigenvalue weighted by Crippen LogP contribution is -2.09. The van der Waals surface area contributed by atoms with Gasteiger partial charge in [-0.15, -0.1) is 0 Å². The van der Waals surface area contributed by atoms with E-state index in [4.69, 9.17) is 0 Å². The molecule has 0 saturated carbocycles. The van der Waals surface area contributed by atoms with E-state index < -0.39 is 0 Å². The monoisotopic (exact) mass is 201 g/mol.